The molecule has 1 saturated heterocycles. The summed E-state index contributed by atoms with van der Waals surface area (Å²) in [6.07, 6.45) is 5.02. The fourth-order valence-electron chi connectivity index (χ4n) is 4.50. The summed E-state index contributed by atoms with van der Waals surface area (Å²) >= 11 is 0. The monoisotopic (exact) mass is 370 g/mol. The van der Waals surface area contributed by atoms with Crippen molar-refractivity contribution in [1.82, 2.24) is 9.88 Å². The van der Waals surface area contributed by atoms with Crippen LogP contribution in [0.3, 0.4) is 0 Å². The molecule has 2 aliphatic rings. The summed E-state index contributed by atoms with van der Waals surface area (Å²) in [4.78, 5) is 6.50. The van der Waals surface area contributed by atoms with E-state index in [1.165, 1.54) is 42.4 Å². The van der Waals surface area contributed by atoms with Gasteiger partial charge in [-0.15, -0.1) is 0 Å². The van der Waals surface area contributed by atoms with Crippen molar-refractivity contribution in [3.8, 4) is 0 Å². The van der Waals surface area contributed by atoms with Gasteiger partial charge < -0.3 is 9.41 Å². The molecule has 0 unspecified atom stereocenters. The number of rotatable bonds is 3. The number of fused-ring (bicyclic) bond motifs is 5. The zero-order chi connectivity index (χ0) is 18.5. The number of H-pyrrole nitrogens is 1. The molecule has 3 nitrogen and oxygen atoms in total. The van der Waals surface area contributed by atoms with Crippen molar-refractivity contribution in [3.05, 3.63) is 35.5 Å². The van der Waals surface area contributed by atoms with Crippen LogP contribution in [-0.2, 0) is 10.8 Å². The van der Waals surface area contributed by atoms with Gasteiger partial charge in [-0.2, -0.15) is 0 Å². The molecule has 26 heavy (non-hydrogen) atoms. The fraction of sp³-hybridized carbons (Fsp3) is 0.636. The number of benzene rings is 1. The van der Waals surface area contributed by atoms with Gasteiger partial charge in [0, 0.05) is 35.8 Å². The van der Waals surface area contributed by atoms with Crippen LogP contribution in [0.5, 0.6) is 0 Å². The Hall–Kier alpha value is -1.10. The highest BCUT2D eigenvalue weighted by atomic mass is 28.4. The first-order valence-electron chi connectivity index (χ1n) is 10.3. The van der Waals surface area contributed by atoms with Crippen molar-refractivity contribution in [3.63, 3.8) is 0 Å². The Morgan fingerprint density at radius 3 is 2.73 bits per heavy atom. The highest BCUT2D eigenvalue weighted by molar-refractivity contribution is 6.74. The molecule has 3 heterocycles. The zero-order valence-electron chi connectivity index (χ0n) is 17.1. The number of piperidine rings is 1. The third kappa shape index (κ3) is 3.06. The topological polar surface area (TPSA) is 28.3 Å². The van der Waals surface area contributed by atoms with Crippen LogP contribution in [0, 0.1) is 0 Å². The van der Waals surface area contributed by atoms with Gasteiger partial charge in [0.15, 0.2) is 8.32 Å². The predicted octanol–water partition coefficient (Wildman–Crippen LogP) is 5.64. The van der Waals surface area contributed by atoms with E-state index >= 15 is 0 Å². The van der Waals surface area contributed by atoms with E-state index in [-0.39, 0.29) is 5.04 Å². The average molecular weight is 371 g/mol. The lowest BCUT2D eigenvalue weighted by Gasteiger charge is -2.46. The van der Waals surface area contributed by atoms with Gasteiger partial charge in [-0.25, -0.2) is 0 Å². The summed E-state index contributed by atoms with van der Waals surface area (Å²) in [5, 5.41) is 1.72. The smallest absolute Gasteiger partial charge is 0.192 e. The van der Waals surface area contributed by atoms with Crippen LogP contribution in [0.25, 0.3) is 10.9 Å². The van der Waals surface area contributed by atoms with Gasteiger partial charge in [-0.1, -0.05) is 39.0 Å². The van der Waals surface area contributed by atoms with Gasteiger partial charge in [0.1, 0.15) is 0 Å². The number of aromatic amines is 1. The first-order valence-corrected chi connectivity index (χ1v) is 13.2. The number of nitrogens with zero attached hydrogens (tertiary/aromatic N) is 1. The van der Waals surface area contributed by atoms with Crippen LogP contribution in [0.1, 0.15) is 57.3 Å². The van der Waals surface area contributed by atoms with E-state index in [1.807, 2.05) is 0 Å². The maximum Gasteiger partial charge on any atom is 0.192 e. The van der Waals surface area contributed by atoms with Gasteiger partial charge >= 0.3 is 0 Å². The summed E-state index contributed by atoms with van der Waals surface area (Å²) in [5.41, 5.74) is 4.35. The second-order valence-corrected chi connectivity index (χ2v) is 14.5. The third-order valence-electron chi connectivity index (χ3n) is 7.13. The molecule has 2 aliphatic heterocycles. The molecule has 0 amide bonds. The molecular formula is C22H34N2OSi. The van der Waals surface area contributed by atoms with Crippen molar-refractivity contribution < 1.29 is 4.43 Å². The second kappa shape index (κ2) is 6.50. The fourth-order valence-corrected chi connectivity index (χ4v) is 5.54. The Morgan fingerprint density at radius 1 is 1.19 bits per heavy atom. The molecule has 4 rings (SSSR count). The average Bonchev–Trinajstić information content (AvgIpc) is 2.98. The largest absolute Gasteiger partial charge is 0.415 e. The zero-order valence-corrected chi connectivity index (χ0v) is 18.1. The number of hydrogen-bond donors (Lipinski definition) is 1. The van der Waals surface area contributed by atoms with E-state index < -0.39 is 8.32 Å². The lowest BCUT2D eigenvalue weighted by atomic mass is 9.87. The van der Waals surface area contributed by atoms with E-state index in [0.29, 0.717) is 12.1 Å². The van der Waals surface area contributed by atoms with Gasteiger partial charge in [-0.05, 0) is 55.4 Å². The van der Waals surface area contributed by atoms with Crippen molar-refractivity contribution in [2.75, 3.05) is 13.2 Å². The van der Waals surface area contributed by atoms with Crippen LogP contribution in [-0.4, -0.2) is 37.4 Å². The summed E-state index contributed by atoms with van der Waals surface area (Å²) in [6, 6.07) is 9.92. The third-order valence-corrected chi connectivity index (χ3v) is 11.6. The Kier molecular flexibility index (Phi) is 4.57. The maximum absolute atomic E-state index is 6.62. The van der Waals surface area contributed by atoms with Crippen molar-refractivity contribution in [2.45, 2.75) is 76.7 Å². The minimum absolute atomic E-state index is 0.285. The SMILES string of the molecule is CC(C)(C)[Si](C)(C)OC[C@H]1CCC[C@H]2c3[nH]c4ccccc4c3CCN12. The number of aromatic nitrogens is 1. The Bertz CT molecular complexity index is 789. The van der Waals surface area contributed by atoms with Crippen LogP contribution < -0.4 is 0 Å². The molecule has 1 N–H and O–H groups in total. The molecule has 2 atom stereocenters. The number of hydrogen-bond acceptors (Lipinski definition) is 2. The molecule has 0 aliphatic carbocycles. The molecule has 142 valence electrons. The summed E-state index contributed by atoms with van der Waals surface area (Å²) in [6.45, 7) is 13.8. The van der Waals surface area contributed by atoms with E-state index in [1.54, 1.807) is 5.56 Å². The van der Waals surface area contributed by atoms with E-state index in [9.17, 15) is 0 Å². The molecule has 1 aromatic heterocycles. The summed E-state index contributed by atoms with van der Waals surface area (Å²) < 4.78 is 6.62. The Balaban J connectivity index is 1.55. The quantitative estimate of drug-likeness (QED) is 0.708. The van der Waals surface area contributed by atoms with E-state index in [2.05, 4.69) is 68.0 Å². The van der Waals surface area contributed by atoms with Crippen molar-refractivity contribution >= 4 is 19.2 Å². The lowest BCUT2D eigenvalue weighted by molar-refractivity contribution is 0.0394. The lowest BCUT2D eigenvalue weighted by Crippen LogP contribution is -2.50. The highest BCUT2D eigenvalue weighted by Crippen LogP contribution is 2.42. The second-order valence-electron chi connectivity index (χ2n) is 9.72. The Labute approximate surface area is 159 Å². The van der Waals surface area contributed by atoms with E-state index in [0.717, 1.165) is 13.0 Å². The molecule has 2 aromatic rings. The molecule has 1 aromatic carbocycles. The van der Waals surface area contributed by atoms with E-state index in [4.69, 9.17) is 4.43 Å². The van der Waals surface area contributed by atoms with Crippen LogP contribution in [0.2, 0.25) is 18.1 Å². The van der Waals surface area contributed by atoms with Crippen molar-refractivity contribution in [2.24, 2.45) is 0 Å². The van der Waals surface area contributed by atoms with Gasteiger partial charge in [-0.3, -0.25) is 4.90 Å². The van der Waals surface area contributed by atoms with Crippen LogP contribution in [0.4, 0.5) is 0 Å². The number of nitrogens with one attached hydrogen (secondary N) is 1. The highest BCUT2D eigenvalue weighted by Gasteiger charge is 2.41. The molecule has 0 bridgehead atoms. The standard InChI is InChI=1S/C22H34N2OSi/c1-22(2,3)26(4,5)25-15-16-9-8-12-20-21-18(13-14-24(16)20)17-10-6-7-11-19(17)23-21/h6-7,10-11,16,20,23H,8-9,12-15H2,1-5H3/t16-,20+/m1/s1. The van der Waals surface area contributed by atoms with Crippen LogP contribution in [0.15, 0.2) is 24.3 Å². The van der Waals surface area contributed by atoms with Crippen LogP contribution >= 0.6 is 0 Å². The van der Waals surface area contributed by atoms with Gasteiger partial charge in [0.05, 0.1) is 6.04 Å². The summed E-state index contributed by atoms with van der Waals surface area (Å²) in [5.74, 6) is 0. The minimum Gasteiger partial charge on any atom is -0.415 e. The molecule has 1 fully saturated rings. The molecule has 0 radical (unpaired) electrons. The first kappa shape index (κ1) is 18.3. The number of para-hydroxylation sites is 1. The molecule has 0 saturated carbocycles. The Morgan fingerprint density at radius 2 is 1.96 bits per heavy atom. The first-order chi connectivity index (χ1) is 12.3. The molecule has 4 heteroatoms. The maximum atomic E-state index is 6.62. The van der Waals surface area contributed by atoms with Gasteiger partial charge in [0.25, 0.3) is 0 Å². The molecular weight excluding hydrogens is 336 g/mol. The molecule has 0 spiro atoms. The normalized spacial score (nSPS) is 24.5. The van der Waals surface area contributed by atoms with Gasteiger partial charge in [0.2, 0.25) is 0 Å². The minimum atomic E-state index is -1.68. The predicted molar refractivity (Wildman–Crippen MR) is 112 cm³/mol. The van der Waals surface area contributed by atoms with Crippen molar-refractivity contribution in [1.29, 1.82) is 0 Å². The summed E-state index contributed by atoms with van der Waals surface area (Å²) in [7, 11) is -1.68.